The molecule has 0 atom stereocenters. The molecule has 4 nitrogen and oxygen atoms in total. The van der Waals surface area contributed by atoms with Gasteiger partial charge >= 0.3 is 0 Å². The van der Waals surface area contributed by atoms with Crippen molar-refractivity contribution in [1.82, 2.24) is 4.31 Å². The zero-order chi connectivity index (χ0) is 15.6. The maximum Gasteiger partial charge on any atom is 0.243 e. The number of nitrogen functional groups attached to an aromatic ring is 1. The van der Waals surface area contributed by atoms with E-state index in [1.807, 2.05) is 0 Å². The summed E-state index contributed by atoms with van der Waals surface area (Å²) in [4.78, 5) is 0.146. The Labute approximate surface area is 124 Å². The molecule has 0 aliphatic rings. The van der Waals surface area contributed by atoms with E-state index in [1.54, 1.807) is 31.2 Å². The van der Waals surface area contributed by atoms with Gasteiger partial charge in [-0.05, 0) is 36.8 Å². The molecule has 0 saturated carbocycles. The SMILES string of the molecule is Cc1cc(S(=O)(=O)N(C)Cc2ccccc2F)ccc1N. The summed E-state index contributed by atoms with van der Waals surface area (Å²) in [5.41, 5.74) is 7.25. The van der Waals surface area contributed by atoms with Gasteiger partial charge in [0.1, 0.15) is 5.82 Å². The molecule has 0 aliphatic carbocycles. The lowest BCUT2D eigenvalue weighted by Crippen LogP contribution is -2.27. The van der Waals surface area contributed by atoms with E-state index in [0.29, 0.717) is 16.8 Å². The van der Waals surface area contributed by atoms with Gasteiger partial charge in [-0.3, -0.25) is 0 Å². The number of halogens is 1. The lowest BCUT2D eigenvalue weighted by Gasteiger charge is -2.18. The van der Waals surface area contributed by atoms with E-state index >= 15 is 0 Å². The molecule has 2 N–H and O–H groups in total. The molecule has 0 radical (unpaired) electrons. The Bertz CT molecular complexity index is 760. The molecule has 6 heteroatoms. The Balaban J connectivity index is 2.30. The Morgan fingerprint density at radius 1 is 1.19 bits per heavy atom. The molecule has 0 aromatic heterocycles. The Morgan fingerprint density at radius 2 is 1.86 bits per heavy atom. The van der Waals surface area contributed by atoms with Gasteiger partial charge in [0, 0.05) is 24.8 Å². The predicted molar refractivity (Wildman–Crippen MR) is 80.6 cm³/mol. The van der Waals surface area contributed by atoms with Crippen molar-refractivity contribution in [1.29, 1.82) is 0 Å². The van der Waals surface area contributed by atoms with Gasteiger partial charge in [-0.15, -0.1) is 0 Å². The fraction of sp³-hybridized carbons (Fsp3) is 0.200. The van der Waals surface area contributed by atoms with Gasteiger partial charge in [0.25, 0.3) is 0 Å². The molecule has 0 heterocycles. The monoisotopic (exact) mass is 308 g/mol. The molecule has 0 fully saturated rings. The topological polar surface area (TPSA) is 63.4 Å². The fourth-order valence-electron chi connectivity index (χ4n) is 1.94. The van der Waals surface area contributed by atoms with Crippen molar-refractivity contribution >= 4 is 15.7 Å². The van der Waals surface area contributed by atoms with Crippen LogP contribution in [0.1, 0.15) is 11.1 Å². The number of rotatable bonds is 4. The summed E-state index contributed by atoms with van der Waals surface area (Å²) in [5, 5.41) is 0. The normalized spacial score (nSPS) is 11.8. The molecule has 0 saturated heterocycles. The second-order valence-corrected chi connectivity index (χ2v) is 6.92. The first-order valence-corrected chi connectivity index (χ1v) is 7.82. The van der Waals surface area contributed by atoms with E-state index in [9.17, 15) is 12.8 Å². The maximum absolute atomic E-state index is 13.6. The number of hydrogen-bond donors (Lipinski definition) is 1. The minimum atomic E-state index is -3.68. The van der Waals surface area contributed by atoms with Gasteiger partial charge in [-0.2, -0.15) is 4.31 Å². The number of sulfonamides is 1. The lowest BCUT2D eigenvalue weighted by atomic mass is 10.2. The van der Waals surface area contributed by atoms with E-state index in [4.69, 9.17) is 5.73 Å². The quantitative estimate of drug-likeness (QED) is 0.883. The summed E-state index contributed by atoms with van der Waals surface area (Å²) in [6.07, 6.45) is 0. The second kappa shape index (κ2) is 5.83. The van der Waals surface area contributed by atoms with Crippen molar-refractivity contribution < 1.29 is 12.8 Å². The highest BCUT2D eigenvalue weighted by molar-refractivity contribution is 7.89. The molecule has 0 amide bonds. The molecule has 0 aliphatic heterocycles. The van der Waals surface area contributed by atoms with Crippen LogP contribution in [0, 0.1) is 12.7 Å². The van der Waals surface area contributed by atoms with E-state index in [1.165, 1.54) is 25.2 Å². The van der Waals surface area contributed by atoms with Crippen molar-refractivity contribution in [3.05, 3.63) is 59.4 Å². The standard InChI is InChI=1S/C15H17FN2O2S/c1-11-9-13(7-8-15(11)17)21(19,20)18(2)10-12-5-3-4-6-14(12)16/h3-9H,10,17H2,1-2H3. The Hall–Kier alpha value is -1.92. The third kappa shape index (κ3) is 3.22. The molecule has 2 aromatic rings. The van der Waals surface area contributed by atoms with Crippen molar-refractivity contribution in [2.45, 2.75) is 18.4 Å². The molecule has 21 heavy (non-hydrogen) atoms. The van der Waals surface area contributed by atoms with Crippen LogP contribution in [0.2, 0.25) is 0 Å². The molecular weight excluding hydrogens is 291 g/mol. The summed E-state index contributed by atoms with van der Waals surface area (Å²) in [6.45, 7) is 1.71. The zero-order valence-corrected chi connectivity index (χ0v) is 12.7. The van der Waals surface area contributed by atoms with E-state index in [2.05, 4.69) is 0 Å². The summed E-state index contributed by atoms with van der Waals surface area (Å²) >= 11 is 0. The summed E-state index contributed by atoms with van der Waals surface area (Å²) in [6, 6.07) is 10.6. The Kier molecular flexibility index (Phi) is 4.29. The first kappa shape index (κ1) is 15.5. The van der Waals surface area contributed by atoms with Gasteiger partial charge in [0.05, 0.1) is 4.90 Å². The number of aryl methyl sites for hydroxylation is 1. The van der Waals surface area contributed by atoms with Crippen LogP contribution < -0.4 is 5.73 Å². The average Bonchev–Trinajstić information content (AvgIpc) is 2.44. The van der Waals surface area contributed by atoms with Crippen molar-refractivity contribution in [3.63, 3.8) is 0 Å². The minimum Gasteiger partial charge on any atom is -0.399 e. The number of anilines is 1. The number of hydrogen-bond acceptors (Lipinski definition) is 3. The van der Waals surface area contributed by atoms with E-state index < -0.39 is 15.8 Å². The largest absolute Gasteiger partial charge is 0.399 e. The minimum absolute atomic E-state index is 0.0293. The third-order valence-corrected chi connectivity index (χ3v) is 5.10. The van der Waals surface area contributed by atoms with Crippen LogP contribution in [0.15, 0.2) is 47.4 Å². The molecule has 2 rings (SSSR count). The van der Waals surface area contributed by atoms with Crippen molar-refractivity contribution in [2.24, 2.45) is 0 Å². The number of benzene rings is 2. The molecule has 0 spiro atoms. The predicted octanol–water partition coefficient (Wildman–Crippen LogP) is 2.54. The van der Waals surface area contributed by atoms with Crippen LogP contribution in [0.4, 0.5) is 10.1 Å². The van der Waals surface area contributed by atoms with Crippen molar-refractivity contribution in [3.8, 4) is 0 Å². The molecule has 0 unspecified atom stereocenters. The summed E-state index contributed by atoms with van der Waals surface area (Å²) in [7, 11) is -2.26. The highest BCUT2D eigenvalue weighted by Gasteiger charge is 2.22. The van der Waals surface area contributed by atoms with Crippen LogP contribution in [-0.4, -0.2) is 19.8 Å². The molecular formula is C15H17FN2O2S. The Morgan fingerprint density at radius 3 is 2.48 bits per heavy atom. The van der Waals surface area contributed by atoms with Gasteiger partial charge < -0.3 is 5.73 Å². The molecule has 112 valence electrons. The smallest absolute Gasteiger partial charge is 0.243 e. The average molecular weight is 308 g/mol. The first-order valence-electron chi connectivity index (χ1n) is 6.38. The van der Waals surface area contributed by atoms with Crippen LogP contribution in [-0.2, 0) is 16.6 Å². The van der Waals surface area contributed by atoms with Gasteiger partial charge in [-0.25, -0.2) is 12.8 Å². The summed E-state index contributed by atoms with van der Waals surface area (Å²) in [5.74, 6) is -0.423. The van der Waals surface area contributed by atoms with Crippen LogP contribution in [0.25, 0.3) is 0 Å². The summed E-state index contributed by atoms with van der Waals surface area (Å²) < 4.78 is 39.7. The number of nitrogens with two attached hydrogens (primary N) is 1. The van der Waals surface area contributed by atoms with Crippen LogP contribution >= 0.6 is 0 Å². The number of nitrogens with zero attached hydrogens (tertiary/aromatic N) is 1. The van der Waals surface area contributed by atoms with Crippen molar-refractivity contribution in [2.75, 3.05) is 12.8 Å². The van der Waals surface area contributed by atoms with E-state index in [-0.39, 0.29) is 11.4 Å². The van der Waals surface area contributed by atoms with Crippen LogP contribution in [0.3, 0.4) is 0 Å². The second-order valence-electron chi connectivity index (χ2n) is 4.87. The fourth-order valence-corrected chi connectivity index (χ4v) is 3.17. The van der Waals surface area contributed by atoms with E-state index in [0.717, 1.165) is 4.31 Å². The van der Waals surface area contributed by atoms with Gasteiger partial charge in [0.2, 0.25) is 10.0 Å². The maximum atomic E-state index is 13.6. The lowest BCUT2D eigenvalue weighted by molar-refractivity contribution is 0.456. The molecule has 2 aromatic carbocycles. The highest BCUT2D eigenvalue weighted by Crippen LogP contribution is 2.21. The third-order valence-electron chi connectivity index (χ3n) is 3.30. The molecule has 0 bridgehead atoms. The highest BCUT2D eigenvalue weighted by atomic mass is 32.2. The van der Waals surface area contributed by atoms with Crippen LogP contribution in [0.5, 0.6) is 0 Å². The van der Waals surface area contributed by atoms with Gasteiger partial charge in [0.15, 0.2) is 0 Å². The van der Waals surface area contributed by atoms with Gasteiger partial charge in [-0.1, -0.05) is 18.2 Å². The zero-order valence-electron chi connectivity index (χ0n) is 11.9. The first-order chi connectivity index (χ1) is 9.82.